The Morgan fingerprint density at radius 3 is 1.52 bits per heavy atom. The average Bonchev–Trinajstić information content (AvgIpc) is 2.24. The maximum absolute atomic E-state index is 13.3. The van der Waals surface area contributed by atoms with Gasteiger partial charge in [0.2, 0.25) is 0 Å². The number of halogens is 11. The van der Waals surface area contributed by atoms with Crippen molar-refractivity contribution in [2.24, 2.45) is 0 Å². The Kier molecular flexibility index (Phi) is 3.56. The van der Waals surface area contributed by atoms with E-state index in [0.717, 1.165) is 0 Å². The minimum Gasteiger partial charge on any atom is -0.206 e. The Morgan fingerprint density at radius 1 is 0.905 bits per heavy atom. The van der Waals surface area contributed by atoms with Gasteiger partial charge in [0.25, 0.3) is 0 Å². The number of hydrogen-bond donors (Lipinski definition) is 0. The fourth-order valence-corrected chi connectivity index (χ4v) is 2.41. The van der Waals surface area contributed by atoms with Crippen molar-refractivity contribution in [3.63, 3.8) is 0 Å². The Bertz CT molecular complexity index is 540. The summed E-state index contributed by atoms with van der Waals surface area (Å²) in [6.45, 7) is 0. The maximum Gasteiger partial charge on any atom is 0.427 e. The molecule has 0 saturated carbocycles. The minimum atomic E-state index is -7.47. The molecule has 1 rings (SSSR count). The van der Waals surface area contributed by atoms with E-state index >= 15 is 0 Å². The lowest BCUT2D eigenvalue weighted by atomic mass is 9.99. The van der Waals surface area contributed by atoms with Crippen LogP contribution in [0.5, 0.6) is 0 Å². The SMILES string of the molecule is O=S1(=O)OC(F)(F)C1(F)C(F)(F)C(F)(F)C(F)(F)C(F)F. The van der Waals surface area contributed by atoms with Crippen LogP contribution in [0.3, 0.4) is 0 Å². The lowest BCUT2D eigenvalue weighted by molar-refractivity contribution is -0.406. The van der Waals surface area contributed by atoms with Crippen LogP contribution >= 0.6 is 0 Å². The van der Waals surface area contributed by atoms with Crippen LogP contribution in [0.15, 0.2) is 0 Å². The fourth-order valence-electron chi connectivity index (χ4n) is 1.25. The number of alkyl halides is 11. The highest BCUT2D eigenvalue weighted by atomic mass is 32.2. The third-order valence-electron chi connectivity index (χ3n) is 2.42. The molecule has 0 amide bonds. The van der Waals surface area contributed by atoms with Crippen molar-refractivity contribution < 1.29 is 60.9 Å². The highest BCUT2D eigenvalue weighted by molar-refractivity contribution is 7.89. The zero-order valence-corrected chi connectivity index (χ0v) is 9.68. The molecule has 0 spiro atoms. The summed E-state index contributed by atoms with van der Waals surface area (Å²) < 4.78 is 161. The van der Waals surface area contributed by atoms with Crippen LogP contribution in [0.25, 0.3) is 0 Å². The van der Waals surface area contributed by atoms with Crippen molar-refractivity contribution in [1.29, 1.82) is 0 Å². The third-order valence-corrected chi connectivity index (χ3v) is 4.04. The monoisotopic (exact) mass is 362 g/mol. The molecule has 1 aliphatic heterocycles. The van der Waals surface area contributed by atoms with E-state index in [1.54, 1.807) is 0 Å². The highest BCUT2D eigenvalue weighted by Crippen LogP contribution is 2.64. The summed E-state index contributed by atoms with van der Waals surface area (Å²) in [5.74, 6) is -21.9. The van der Waals surface area contributed by atoms with Crippen LogP contribution < -0.4 is 0 Å². The predicted octanol–water partition coefficient (Wildman–Crippen LogP) is 2.78. The molecule has 0 aliphatic carbocycles. The van der Waals surface area contributed by atoms with Gasteiger partial charge in [-0.2, -0.15) is 47.7 Å². The third kappa shape index (κ3) is 1.78. The molecule has 1 heterocycles. The molecule has 1 atom stereocenters. The first-order valence-corrected chi connectivity index (χ1v) is 5.74. The van der Waals surface area contributed by atoms with Gasteiger partial charge in [-0.3, -0.25) is 0 Å². The molecule has 1 aliphatic rings. The Hall–Kier alpha value is -0.860. The molecule has 15 heteroatoms. The van der Waals surface area contributed by atoms with Crippen LogP contribution in [0.4, 0.5) is 48.3 Å². The van der Waals surface area contributed by atoms with Crippen molar-refractivity contribution in [3.05, 3.63) is 0 Å². The van der Waals surface area contributed by atoms with Gasteiger partial charge in [-0.25, -0.2) is 13.2 Å². The van der Waals surface area contributed by atoms with Gasteiger partial charge in [0.05, 0.1) is 0 Å². The summed E-state index contributed by atoms with van der Waals surface area (Å²) in [6.07, 6.45) is -11.7. The molecule has 1 fully saturated rings. The fraction of sp³-hybridized carbons (Fsp3) is 1.00. The molecule has 0 aromatic rings. The van der Waals surface area contributed by atoms with Gasteiger partial charge in [0.1, 0.15) is 0 Å². The smallest absolute Gasteiger partial charge is 0.206 e. The predicted molar refractivity (Wildman–Crippen MR) is 39.6 cm³/mol. The normalized spacial score (nSPS) is 29.3. The molecule has 0 radical (unpaired) electrons. The number of hydrogen-bond acceptors (Lipinski definition) is 3. The zero-order chi connectivity index (χ0) is 17.3. The Labute approximate surface area is 107 Å². The molecular weight excluding hydrogens is 361 g/mol. The van der Waals surface area contributed by atoms with Crippen molar-refractivity contribution in [2.45, 2.75) is 35.3 Å². The second-order valence-corrected chi connectivity index (χ2v) is 5.36. The first-order valence-electron chi connectivity index (χ1n) is 4.33. The molecule has 126 valence electrons. The van der Waals surface area contributed by atoms with Gasteiger partial charge in [-0.1, -0.05) is 0 Å². The second kappa shape index (κ2) is 4.11. The second-order valence-electron chi connectivity index (χ2n) is 3.72. The molecule has 0 bridgehead atoms. The van der Waals surface area contributed by atoms with Crippen LogP contribution in [-0.2, 0) is 14.3 Å². The molecule has 1 unspecified atom stereocenters. The summed E-state index contributed by atoms with van der Waals surface area (Å²) in [5.41, 5.74) is 0. The average molecular weight is 362 g/mol. The van der Waals surface area contributed by atoms with E-state index in [2.05, 4.69) is 4.18 Å². The Balaban J connectivity index is 3.54. The summed E-state index contributed by atoms with van der Waals surface area (Å²) in [7, 11) is -6.78. The van der Waals surface area contributed by atoms with Crippen LogP contribution in [-0.4, -0.2) is 43.7 Å². The molecule has 3 nitrogen and oxygen atoms in total. The lowest BCUT2D eigenvalue weighted by Crippen LogP contribution is -2.79. The van der Waals surface area contributed by atoms with Gasteiger partial charge in [-0.05, 0) is 0 Å². The molecule has 1 saturated heterocycles. The topological polar surface area (TPSA) is 43.4 Å². The Morgan fingerprint density at radius 2 is 1.29 bits per heavy atom. The van der Waals surface area contributed by atoms with E-state index in [-0.39, 0.29) is 0 Å². The summed E-state index contributed by atoms with van der Waals surface area (Å²) >= 11 is 0. The van der Waals surface area contributed by atoms with Crippen LogP contribution in [0, 0.1) is 0 Å². The first kappa shape index (κ1) is 18.2. The van der Waals surface area contributed by atoms with E-state index in [1.165, 1.54) is 0 Å². The quantitative estimate of drug-likeness (QED) is 0.571. The molecule has 0 aromatic heterocycles. The maximum atomic E-state index is 13.3. The van der Waals surface area contributed by atoms with E-state index in [4.69, 9.17) is 0 Å². The van der Waals surface area contributed by atoms with Crippen LogP contribution in [0.1, 0.15) is 0 Å². The minimum absolute atomic E-state index is 2.30. The summed E-state index contributed by atoms with van der Waals surface area (Å²) in [5, 5.41) is -6.64. The van der Waals surface area contributed by atoms with Crippen molar-refractivity contribution in [1.82, 2.24) is 0 Å². The van der Waals surface area contributed by atoms with Crippen molar-refractivity contribution in [2.75, 3.05) is 0 Å². The highest BCUT2D eigenvalue weighted by Gasteiger charge is 2.97. The van der Waals surface area contributed by atoms with Crippen LogP contribution in [0.2, 0.25) is 0 Å². The molecule has 21 heavy (non-hydrogen) atoms. The summed E-state index contributed by atoms with van der Waals surface area (Å²) in [6, 6.07) is 0. The van der Waals surface area contributed by atoms with Gasteiger partial charge >= 0.3 is 45.4 Å². The van der Waals surface area contributed by atoms with E-state index in [1.807, 2.05) is 0 Å². The number of rotatable bonds is 4. The van der Waals surface area contributed by atoms with Gasteiger partial charge < -0.3 is 0 Å². The van der Waals surface area contributed by atoms with E-state index in [9.17, 15) is 56.7 Å². The molecule has 0 aromatic carbocycles. The zero-order valence-electron chi connectivity index (χ0n) is 8.87. The van der Waals surface area contributed by atoms with Gasteiger partial charge in [-0.15, -0.1) is 0 Å². The van der Waals surface area contributed by atoms with E-state index in [0.29, 0.717) is 0 Å². The van der Waals surface area contributed by atoms with Gasteiger partial charge in [0, 0.05) is 0 Å². The largest absolute Gasteiger partial charge is 0.427 e. The molecule has 0 N–H and O–H groups in total. The van der Waals surface area contributed by atoms with Crippen molar-refractivity contribution >= 4 is 10.1 Å². The summed E-state index contributed by atoms with van der Waals surface area (Å²) in [4.78, 5) is 0. The molecular formula is C6HF11O3S. The van der Waals surface area contributed by atoms with E-state index < -0.39 is 45.4 Å². The first-order chi connectivity index (χ1) is 8.90. The van der Waals surface area contributed by atoms with Crippen molar-refractivity contribution in [3.8, 4) is 0 Å². The standard InChI is InChI=1S/C6HF11O3S/c7-1(8)2(9,10)3(11,12)4(13,14)5(15)6(16,17)20-21(5,18)19/h1H. The van der Waals surface area contributed by atoms with Gasteiger partial charge in [0.15, 0.2) is 0 Å². The lowest BCUT2D eigenvalue weighted by Gasteiger charge is -2.46.